The van der Waals surface area contributed by atoms with E-state index in [1.54, 1.807) is 52.3 Å². The minimum atomic E-state index is -0.552. The number of nitrogens with one attached hydrogen (secondary N) is 3. The van der Waals surface area contributed by atoms with Crippen molar-refractivity contribution in [3.63, 3.8) is 0 Å². The van der Waals surface area contributed by atoms with Crippen molar-refractivity contribution in [3.8, 4) is 5.75 Å². The number of imide groups is 1. The Morgan fingerprint density at radius 1 is 1.17 bits per heavy atom. The SMILES string of the molecule is COc1cccc(NC(=O)CN(C)CC(=O)NC(=O)NC(C)C)c1. The summed E-state index contributed by atoms with van der Waals surface area (Å²) < 4.78 is 5.08. The molecule has 0 saturated heterocycles. The first-order chi connectivity index (χ1) is 11.3. The number of methoxy groups -OCH3 is 1. The highest BCUT2D eigenvalue weighted by atomic mass is 16.5. The summed E-state index contributed by atoms with van der Waals surface area (Å²) in [5.74, 6) is -0.119. The van der Waals surface area contributed by atoms with Gasteiger partial charge >= 0.3 is 6.03 Å². The Morgan fingerprint density at radius 3 is 2.46 bits per heavy atom. The second-order valence-electron chi connectivity index (χ2n) is 5.63. The van der Waals surface area contributed by atoms with Crippen LogP contribution in [0.5, 0.6) is 5.75 Å². The van der Waals surface area contributed by atoms with Gasteiger partial charge in [0.05, 0.1) is 20.2 Å². The molecule has 24 heavy (non-hydrogen) atoms. The molecule has 0 atom stereocenters. The molecule has 0 fully saturated rings. The normalized spacial score (nSPS) is 10.4. The van der Waals surface area contributed by atoms with Crippen LogP contribution in [0.1, 0.15) is 13.8 Å². The van der Waals surface area contributed by atoms with Gasteiger partial charge in [-0.1, -0.05) is 6.07 Å². The third-order valence-corrected chi connectivity index (χ3v) is 2.85. The Labute approximate surface area is 141 Å². The van der Waals surface area contributed by atoms with E-state index in [0.717, 1.165) is 0 Å². The van der Waals surface area contributed by atoms with Crippen molar-refractivity contribution in [2.75, 3.05) is 32.6 Å². The van der Waals surface area contributed by atoms with Crippen molar-refractivity contribution in [2.24, 2.45) is 0 Å². The standard InChI is InChI=1S/C16H24N4O4/c1-11(2)17-16(23)19-15(22)10-20(3)9-14(21)18-12-6-5-7-13(8-12)24-4/h5-8,11H,9-10H2,1-4H3,(H,18,21)(H2,17,19,22,23). The number of rotatable bonds is 7. The predicted molar refractivity (Wildman–Crippen MR) is 90.9 cm³/mol. The van der Waals surface area contributed by atoms with Crippen molar-refractivity contribution in [1.29, 1.82) is 0 Å². The second-order valence-corrected chi connectivity index (χ2v) is 5.63. The maximum atomic E-state index is 12.0. The number of ether oxygens (including phenoxy) is 1. The van der Waals surface area contributed by atoms with E-state index in [9.17, 15) is 14.4 Å². The fourth-order valence-corrected chi connectivity index (χ4v) is 1.91. The molecule has 0 aromatic heterocycles. The monoisotopic (exact) mass is 336 g/mol. The first-order valence-corrected chi connectivity index (χ1v) is 7.53. The van der Waals surface area contributed by atoms with Crippen LogP contribution >= 0.6 is 0 Å². The zero-order valence-electron chi connectivity index (χ0n) is 14.4. The number of carbonyl (C=O) groups excluding carboxylic acids is 3. The van der Waals surface area contributed by atoms with Crippen molar-refractivity contribution >= 4 is 23.5 Å². The van der Waals surface area contributed by atoms with E-state index in [2.05, 4.69) is 16.0 Å². The van der Waals surface area contributed by atoms with Crippen LogP contribution in [-0.4, -0.2) is 56.0 Å². The quantitative estimate of drug-likeness (QED) is 0.684. The molecular formula is C16H24N4O4. The molecule has 4 amide bonds. The molecule has 8 heteroatoms. The molecule has 1 rings (SSSR count). The summed E-state index contributed by atoms with van der Waals surface area (Å²) >= 11 is 0. The van der Waals surface area contributed by atoms with Gasteiger partial charge in [-0.2, -0.15) is 0 Å². The fourth-order valence-electron chi connectivity index (χ4n) is 1.91. The molecule has 1 aromatic carbocycles. The molecule has 0 aliphatic rings. The van der Waals surface area contributed by atoms with Gasteiger partial charge in [-0.3, -0.25) is 19.8 Å². The second kappa shape index (κ2) is 9.51. The van der Waals surface area contributed by atoms with E-state index in [4.69, 9.17) is 4.74 Å². The number of amides is 4. The summed E-state index contributed by atoms with van der Waals surface area (Å²) in [4.78, 5) is 36.6. The van der Waals surface area contributed by atoms with Crippen LogP contribution in [-0.2, 0) is 9.59 Å². The van der Waals surface area contributed by atoms with Gasteiger partial charge in [-0.05, 0) is 33.0 Å². The van der Waals surface area contributed by atoms with Crippen LogP contribution in [0.25, 0.3) is 0 Å². The smallest absolute Gasteiger partial charge is 0.321 e. The Morgan fingerprint density at radius 2 is 1.83 bits per heavy atom. The molecule has 0 aliphatic heterocycles. The van der Waals surface area contributed by atoms with E-state index in [1.165, 1.54) is 4.90 Å². The van der Waals surface area contributed by atoms with E-state index in [-0.39, 0.29) is 25.0 Å². The molecule has 0 saturated carbocycles. The number of urea groups is 1. The van der Waals surface area contributed by atoms with Crippen LogP contribution in [0.2, 0.25) is 0 Å². The first-order valence-electron chi connectivity index (χ1n) is 7.53. The molecule has 1 aromatic rings. The van der Waals surface area contributed by atoms with Crippen molar-refractivity contribution in [2.45, 2.75) is 19.9 Å². The third-order valence-electron chi connectivity index (χ3n) is 2.85. The molecule has 0 radical (unpaired) electrons. The van der Waals surface area contributed by atoms with Gasteiger partial charge in [0.15, 0.2) is 0 Å². The van der Waals surface area contributed by atoms with Crippen LogP contribution < -0.4 is 20.7 Å². The summed E-state index contributed by atoms with van der Waals surface area (Å²) in [5, 5.41) is 7.47. The number of anilines is 1. The number of nitrogens with zero attached hydrogens (tertiary/aromatic N) is 1. The lowest BCUT2D eigenvalue weighted by Gasteiger charge is -2.16. The molecular weight excluding hydrogens is 312 g/mol. The van der Waals surface area contributed by atoms with Gasteiger partial charge in [0.25, 0.3) is 0 Å². The first kappa shape index (κ1) is 19.4. The Balaban J connectivity index is 2.40. The van der Waals surface area contributed by atoms with Gasteiger partial charge in [0.1, 0.15) is 5.75 Å². The highest BCUT2D eigenvalue weighted by molar-refractivity contribution is 5.96. The zero-order valence-corrected chi connectivity index (χ0v) is 14.4. The number of likely N-dealkylation sites (N-methyl/N-ethyl adjacent to an activating group) is 1. The Bertz CT molecular complexity index is 589. The highest BCUT2D eigenvalue weighted by Crippen LogP contribution is 2.16. The van der Waals surface area contributed by atoms with Crippen LogP contribution in [0.15, 0.2) is 24.3 Å². The van der Waals surface area contributed by atoms with E-state index in [1.807, 2.05) is 0 Å². The third kappa shape index (κ3) is 7.59. The van der Waals surface area contributed by atoms with Gasteiger partial charge in [-0.25, -0.2) is 4.79 Å². The fraction of sp³-hybridized carbons (Fsp3) is 0.438. The van der Waals surface area contributed by atoms with Crippen molar-refractivity contribution in [3.05, 3.63) is 24.3 Å². The number of benzene rings is 1. The molecule has 0 spiro atoms. The average Bonchev–Trinajstić information content (AvgIpc) is 2.45. The van der Waals surface area contributed by atoms with E-state index < -0.39 is 11.9 Å². The number of hydrogen-bond donors (Lipinski definition) is 3. The summed E-state index contributed by atoms with van der Waals surface area (Å²) in [7, 11) is 3.16. The molecule has 8 nitrogen and oxygen atoms in total. The summed E-state index contributed by atoms with van der Waals surface area (Å²) in [5.41, 5.74) is 0.605. The Hall–Kier alpha value is -2.61. The lowest BCUT2D eigenvalue weighted by atomic mass is 10.3. The largest absolute Gasteiger partial charge is 0.497 e. The lowest BCUT2D eigenvalue weighted by Crippen LogP contribution is -2.46. The number of hydrogen-bond acceptors (Lipinski definition) is 5. The molecule has 0 bridgehead atoms. The molecule has 0 aliphatic carbocycles. The minimum Gasteiger partial charge on any atom is -0.497 e. The van der Waals surface area contributed by atoms with Crippen molar-refractivity contribution in [1.82, 2.24) is 15.5 Å². The molecule has 0 heterocycles. The van der Waals surface area contributed by atoms with Gasteiger partial charge in [0.2, 0.25) is 11.8 Å². The van der Waals surface area contributed by atoms with Crippen LogP contribution in [0.4, 0.5) is 10.5 Å². The topological polar surface area (TPSA) is 99.8 Å². The number of carbonyl (C=O) groups is 3. The lowest BCUT2D eigenvalue weighted by molar-refractivity contribution is -0.122. The average molecular weight is 336 g/mol. The maximum absolute atomic E-state index is 12.0. The molecule has 3 N–H and O–H groups in total. The predicted octanol–water partition coefficient (Wildman–Crippen LogP) is 0.800. The van der Waals surface area contributed by atoms with Gasteiger partial charge in [0, 0.05) is 17.8 Å². The van der Waals surface area contributed by atoms with Crippen molar-refractivity contribution < 1.29 is 19.1 Å². The zero-order chi connectivity index (χ0) is 18.1. The van der Waals surface area contributed by atoms with Crippen LogP contribution in [0.3, 0.4) is 0 Å². The van der Waals surface area contributed by atoms with Crippen LogP contribution in [0, 0.1) is 0 Å². The Kier molecular flexibility index (Phi) is 7.70. The van der Waals surface area contributed by atoms with E-state index in [0.29, 0.717) is 11.4 Å². The summed E-state index contributed by atoms with van der Waals surface area (Å²) in [6, 6.07) is 6.35. The maximum Gasteiger partial charge on any atom is 0.321 e. The molecule has 132 valence electrons. The van der Waals surface area contributed by atoms with Gasteiger partial charge < -0.3 is 15.4 Å². The summed E-state index contributed by atoms with van der Waals surface area (Å²) in [6.07, 6.45) is 0. The molecule has 0 unspecified atom stereocenters. The van der Waals surface area contributed by atoms with E-state index >= 15 is 0 Å². The minimum absolute atomic E-state index is 0.0103. The summed E-state index contributed by atoms with van der Waals surface area (Å²) in [6.45, 7) is 3.52. The van der Waals surface area contributed by atoms with Gasteiger partial charge in [-0.15, -0.1) is 0 Å². The highest BCUT2D eigenvalue weighted by Gasteiger charge is 2.13.